The molecule has 2 fully saturated rings. The lowest BCUT2D eigenvalue weighted by Gasteiger charge is -2.36. The molecule has 2 aliphatic heterocycles. The number of nitrogens with zero attached hydrogens (tertiary/aromatic N) is 1. The summed E-state index contributed by atoms with van der Waals surface area (Å²) in [4.78, 5) is 14.3. The first-order valence-corrected chi connectivity index (χ1v) is 7.67. The Kier molecular flexibility index (Phi) is 5.91. The van der Waals surface area contributed by atoms with E-state index in [1.54, 1.807) is 7.11 Å². The van der Waals surface area contributed by atoms with E-state index in [1.165, 1.54) is 0 Å². The van der Waals surface area contributed by atoms with Crippen LogP contribution in [0.15, 0.2) is 24.3 Å². The zero-order valence-electron chi connectivity index (χ0n) is 12.9. The molecule has 122 valence electrons. The molecule has 0 spiro atoms. The lowest BCUT2D eigenvalue weighted by atomic mass is 9.99. The van der Waals surface area contributed by atoms with Crippen LogP contribution in [0.5, 0.6) is 5.75 Å². The summed E-state index contributed by atoms with van der Waals surface area (Å²) in [5, 5.41) is 6.32. The van der Waals surface area contributed by atoms with Gasteiger partial charge in [-0.15, -0.1) is 12.4 Å². The number of hydrogen-bond acceptors (Lipinski definition) is 4. The van der Waals surface area contributed by atoms with Crippen LogP contribution in [0.2, 0.25) is 0 Å². The molecular formula is C16H24ClN3O2. The van der Waals surface area contributed by atoms with Crippen molar-refractivity contribution in [3.8, 4) is 5.75 Å². The van der Waals surface area contributed by atoms with Crippen molar-refractivity contribution in [2.75, 3.05) is 38.2 Å². The summed E-state index contributed by atoms with van der Waals surface area (Å²) in [5.41, 5.74) is 1.15. The minimum absolute atomic E-state index is 0. The first kappa shape index (κ1) is 16.9. The Morgan fingerprint density at radius 2 is 1.95 bits per heavy atom. The smallest absolute Gasteiger partial charge is 0.225 e. The van der Waals surface area contributed by atoms with E-state index in [9.17, 15) is 4.79 Å². The van der Waals surface area contributed by atoms with Crippen LogP contribution in [0.25, 0.3) is 0 Å². The van der Waals surface area contributed by atoms with E-state index < -0.39 is 0 Å². The molecule has 0 radical (unpaired) electrons. The van der Waals surface area contributed by atoms with Crippen LogP contribution in [0.4, 0.5) is 5.69 Å². The van der Waals surface area contributed by atoms with Crippen molar-refractivity contribution in [2.45, 2.75) is 18.9 Å². The Balaban J connectivity index is 0.00000176. The van der Waals surface area contributed by atoms with E-state index in [4.69, 9.17) is 4.74 Å². The summed E-state index contributed by atoms with van der Waals surface area (Å²) in [6.07, 6.45) is 1.98. The van der Waals surface area contributed by atoms with E-state index in [2.05, 4.69) is 21.6 Å². The highest BCUT2D eigenvalue weighted by molar-refractivity contribution is 5.85. The number of ether oxygens (including phenoxy) is 1. The lowest BCUT2D eigenvalue weighted by Crippen LogP contribution is -2.54. The predicted octanol–water partition coefficient (Wildman–Crippen LogP) is 1.42. The zero-order chi connectivity index (χ0) is 14.7. The van der Waals surface area contributed by atoms with Crippen LogP contribution >= 0.6 is 12.4 Å². The van der Waals surface area contributed by atoms with E-state index in [0.29, 0.717) is 6.04 Å². The number of halogens is 1. The summed E-state index contributed by atoms with van der Waals surface area (Å²) in [6.45, 7) is 3.56. The molecule has 0 unspecified atom stereocenters. The molecule has 1 aromatic rings. The zero-order valence-corrected chi connectivity index (χ0v) is 13.7. The van der Waals surface area contributed by atoms with Gasteiger partial charge in [0.2, 0.25) is 5.91 Å². The predicted molar refractivity (Wildman–Crippen MR) is 90.0 cm³/mol. The summed E-state index contributed by atoms with van der Waals surface area (Å²) < 4.78 is 5.43. The van der Waals surface area contributed by atoms with Gasteiger partial charge in [-0.25, -0.2) is 0 Å². The SMILES string of the molecule is COc1ccccc1N1CCC(NC(=O)C2CNC2)CC1.Cl. The molecule has 0 aromatic heterocycles. The number of benzene rings is 1. The van der Waals surface area contributed by atoms with Crippen LogP contribution < -0.4 is 20.3 Å². The number of methoxy groups -OCH3 is 1. The van der Waals surface area contributed by atoms with Crippen LogP contribution in [0.3, 0.4) is 0 Å². The Bertz CT molecular complexity index is 500. The molecule has 0 atom stereocenters. The highest BCUT2D eigenvalue weighted by Gasteiger charge is 2.28. The van der Waals surface area contributed by atoms with E-state index in [0.717, 1.165) is 50.5 Å². The van der Waals surface area contributed by atoms with Gasteiger partial charge in [-0.05, 0) is 25.0 Å². The molecule has 5 nitrogen and oxygen atoms in total. The largest absolute Gasteiger partial charge is 0.495 e. The maximum atomic E-state index is 12.0. The van der Waals surface area contributed by atoms with Gasteiger partial charge in [0.1, 0.15) is 5.75 Å². The Morgan fingerprint density at radius 3 is 2.55 bits per heavy atom. The normalized spacial score (nSPS) is 19.0. The maximum Gasteiger partial charge on any atom is 0.225 e. The Labute approximate surface area is 137 Å². The monoisotopic (exact) mass is 325 g/mol. The van der Waals surface area contributed by atoms with Crippen LogP contribution in [-0.2, 0) is 4.79 Å². The average molecular weight is 326 g/mol. The second-order valence-corrected chi connectivity index (χ2v) is 5.80. The highest BCUT2D eigenvalue weighted by Crippen LogP contribution is 2.29. The third kappa shape index (κ3) is 3.65. The number of nitrogens with one attached hydrogen (secondary N) is 2. The third-order valence-electron chi connectivity index (χ3n) is 4.42. The van der Waals surface area contributed by atoms with Gasteiger partial charge >= 0.3 is 0 Å². The molecule has 2 aliphatic rings. The number of hydrogen-bond donors (Lipinski definition) is 2. The minimum atomic E-state index is 0. The van der Waals surface area contributed by atoms with Crippen LogP contribution in [-0.4, -0.2) is 45.2 Å². The fraction of sp³-hybridized carbons (Fsp3) is 0.562. The molecule has 0 bridgehead atoms. The van der Waals surface area contributed by atoms with Crippen molar-refractivity contribution in [1.82, 2.24) is 10.6 Å². The van der Waals surface area contributed by atoms with Gasteiger partial charge in [-0.2, -0.15) is 0 Å². The summed E-state index contributed by atoms with van der Waals surface area (Å²) >= 11 is 0. The summed E-state index contributed by atoms with van der Waals surface area (Å²) in [5.74, 6) is 1.31. The number of para-hydroxylation sites is 2. The Morgan fingerprint density at radius 1 is 1.27 bits per heavy atom. The molecule has 0 saturated carbocycles. The van der Waals surface area contributed by atoms with Crippen molar-refractivity contribution in [2.24, 2.45) is 5.92 Å². The van der Waals surface area contributed by atoms with Crippen molar-refractivity contribution < 1.29 is 9.53 Å². The molecule has 2 N–H and O–H groups in total. The van der Waals surface area contributed by atoms with E-state index >= 15 is 0 Å². The van der Waals surface area contributed by atoms with Gasteiger partial charge in [0.25, 0.3) is 0 Å². The number of amides is 1. The first-order chi connectivity index (χ1) is 10.3. The quantitative estimate of drug-likeness (QED) is 0.879. The molecule has 3 rings (SSSR count). The molecule has 2 saturated heterocycles. The highest BCUT2D eigenvalue weighted by atomic mass is 35.5. The first-order valence-electron chi connectivity index (χ1n) is 7.67. The molecule has 6 heteroatoms. The maximum absolute atomic E-state index is 12.0. The van der Waals surface area contributed by atoms with Crippen molar-refractivity contribution in [3.63, 3.8) is 0 Å². The van der Waals surface area contributed by atoms with Gasteiger partial charge in [-0.3, -0.25) is 4.79 Å². The minimum Gasteiger partial charge on any atom is -0.495 e. The third-order valence-corrected chi connectivity index (χ3v) is 4.42. The number of rotatable bonds is 4. The van der Waals surface area contributed by atoms with Crippen molar-refractivity contribution in [3.05, 3.63) is 24.3 Å². The fourth-order valence-electron chi connectivity index (χ4n) is 2.95. The standard InChI is InChI=1S/C16H23N3O2.ClH/c1-21-15-5-3-2-4-14(15)19-8-6-13(7-9-19)18-16(20)12-10-17-11-12;/h2-5,12-13,17H,6-11H2,1H3,(H,18,20);1H. The number of anilines is 1. The Hall–Kier alpha value is -1.46. The lowest BCUT2D eigenvalue weighted by molar-refractivity contribution is -0.127. The number of carbonyl (C=O) groups excluding carboxylic acids is 1. The van der Waals surface area contributed by atoms with Crippen molar-refractivity contribution >= 4 is 24.0 Å². The van der Waals surface area contributed by atoms with Gasteiger partial charge < -0.3 is 20.3 Å². The van der Waals surface area contributed by atoms with Crippen molar-refractivity contribution in [1.29, 1.82) is 0 Å². The van der Waals surface area contributed by atoms with Crippen LogP contribution in [0.1, 0.15) is 12.8 Å². The molecule has 2 heterocycles. The van der Waals surface area contributed by atoms with Gasteiger partial charge in [0, 0.05) is 32.2 Å². The molecule has 0 aliphatic carbocycles. The second-order valence-electron chi connectivity index (χ2n) is 5.80. The fourth-order valence-corrected chi connectivity index (χ4v) is 2.95. The van der Waals surface area contributed by atoms with Crippen LogP contribution in [0, 0.1) is 5.92 Å². The van der Waals surface area contributed by atoms with E-state index in [-0.39, 0.29) is 24.2 Å². The molecular weight excluding hydrogens is 302 g/mol. The molecule has 1 aromatic carbocycles. The molecule has 22 heavy (non-hydrogen) atoms. The summed E-state index contributed by atoms with van der Waals surface area (Å²) in [6, 6.07) is 8.42. The van der Waals surface area contributed by atoms with E-state index in [1.807, 2.05) is 18.2 Å². The number of carbonyl (C=O) groups is 1. The number of piperidine rings is 1. The average Bonchev–Trinajstić information content (AvgIpc) is 2.46. The topological polar surface area (TPSA) is 53.6 Å². The summed E-state index contributed by atoms with van der Waals surface area (Å²) in [7, 11) is 1.71. The van der Waals surface area contributed by atoms with Gasteiger partial charge in [0.05, 0.1) is 18.7 Å². The molecule has 1 amide bonds. The second kappa shape index (κ2) is 7.70. The van der Waals surface area contributed by atoms with Gasteiger partial charge in [0.15, 0.2) is 0 Å². The van der Waals surface area contributed by atoms with Gasteiger partial charge in [-0.1, -0.05) is 12.1 Å².